The van der Waals surface area contributed by atoms with E-state index in [0.29, 0.717) is 6.04 Å². The number of carbonyl (C=O) groups excluding carboxylic acids is 1. The Morgan fingerprint density at radius 1 is 1.73 bits per heavy atom. The van der Waals surface area contributed by atoms with Gasteiger partial charge in [-0.25, -0.2) is 0 Å². The minimum atomic E-state index is 0.124. The molecule has 5 heteroatoms. The third-order valence-corrected chi connectivity index (χ3v) is 4.36. The molecule has 0 bridgehead atoms. The predicted molar refractivity (Wildman–Crippen MR) is 65.4 cm³/mol. The van der Waals surface area contributed by atoms with Gasteiger partial charge < -0.3 is 10.2 Å². The Morgan fingerprint density at radius 2 is 2.53 bits per heavy atom. The van der Waals surface area contributed by atoms with Crippen molar-refractivity contribution < 1.29 is 4.79 Å². The largest absolute Gasteiger partial charge is 0.337 e. The second-order valence-corrected chi connectivity index (χ2v) is 5.52. The van der Waals surface area contributed by atoms with Gasteiger partial charge in [0.05, 0.1) is 4.88 Å². The van der Waals surface area contributed by atoms with Gasteiger partial charge in [0.2, 0.25) is 0 Å². The fourth-order valence-corrected chi connectivity index (χ4v) is 3.14. The van der Waals surface area contributed by atoms with Crippen LogP contribution < -0.4 is 5.32 Å². The molecule has 1 aliphatic rings. The van der Waals surface area contributed by atoms with Crippen molar-refractivity contribution in [3.8, 4) is 0 Å². The molecule has 2 rings (SSSR count). The Bertz CT molecular complexity index is 360. The second kappa shape index (κ2) is 4.63. The summed E-state index contributed by atoms with van der Waals surface area (Å²) in [7, 11) is 1.88. The summed E-state index contributed by atoms with van der Waals surface area (Å²) >= 11 is 4.85. The summed E-state index contributed by atoms with van der Waals surface area (Å²) in [5.41, 5.74) is 0. The third kappa shape index (κ3) is 2.41. The van der Waals surface area contributed by atoms with E-state index in [4.69, 9.17) is 0 Å². The van der Waals surface area contributed by atoms with E-state index in [1.807, 2.05) is 23.4 Å². The van der Waals surface area contributed by atoms with Crippen molar-refractivity contribution in [2.75, 3.05) is 20.1 Å². The fourth-order valence-electron chi connectivity index (χ4n) is 1.73. The van der Waals surface area contributed by atoms with Crippen molar-refractivity contribution in [1.29, 1.82) is 0 Å². The van der Waals surface area contributed by atoms with Gasteiger partial charge in [-0.05, 0) is 35.0 Å². The van der Waals surface area contributed by atoms with Crippen LogP contribution in [0.4, 0.5) is 0 Å². The van der Waals surface area contributed by atoms with Gasteiger partial charge in [0.25, 0.3) is 5.91 Å². The molecule has 1 aromatic rings. The SMILES string of the molecule is CN(C(=O)c1cc(Br)cs1)C1CCNC1. The molecule has 15 heavy (non-hydrogen) atoms. The Kier molecular flexibility index (Phi) is 3.43. The molecule has 1 saturated heterocycles. The first-order chi connectivity index (χ1) is 7.18. The Balaban J connectivity index is 2.06. The molecule has 0 spiro atoms. The summed E-state index contributed by atoms with van der Waals surface area (Å²) in [6.07, 6.45) is 1.05. The van der Waals surface area contributed by atoms with Crippen molar-refractivity contribution >= 4 is 33.2 Å². The molecule has 82 valence electrons. The molecule has 0 aromatic carbocycles. The maximum Gasteiger partial charge on any atom is 0.263 e. The number of halogens is 1. The van der Waals surface area contributed by atoms with E-state index in [1.54, 1.807) is 0 Å². The van der Waals surface area contributed by atoms with Crippen LogP contribution in [0, 0.1) is 0 Å². The molecule has 1 amide bonds. The average molecular weight is 289 g/mol. The highest BCUT2D eigenvalue weighted by molar-refractivity contribution is 9.10. The zero-order valence-corrected chi connectivity index (χ0v) is 10.9. The van der Waals surface area contributed by atoms with Crippen LogP contribution in [0.15, 0.2) is 15.9 Å². The van der Waals surface area contributed by atoms with Gasteiger partial charge in [-0.1, -0.05) is 0 Å². The summed E-state index contributed by atoms with van der Waals surface area (Å²) < 4.78 is 0.980. The number of thiophene rings is 1. The number of likely N-dealkylation sites (N-methyl/N-ethyl adjacent to an activating group) is 1. The molecule has 1 unspecified atom stereocenters. The lowest BCUT2D eigenvalue weighted by Gasteiger charge is -2.22. The molecule has 0 saturated carbocycles. The molecule has 1 fully saturated rings. The summed E-state index contributed by atoms with van der Waals surface area (Å²) in [5.74, 6) is 0.124. The van der Waals surface area contributed by atoms with Crippen molar-refractivity contribution in [1.82, 2.24) is 10.2 Å². The van der Waals surface area contributed by atoms with Crippen LogP contribution in [0.25, 0.3) is 0 Å². The van der Waals surface area contributed by atoms with Crippen LogP contribution in [0.1, 0.15) is 16.1 Å². The van der Waals surface area contributed by atoms with Crippen molar-refractivity contribution in [3.63, 3.8) is 0 Å². The van der Waals surface area contributed by atoms with Crippen molar-refractivity contribution in [3.05, 3.63) is 20.8 Å². The van der Waals surface area contributed by atoms with Crippen LogP contribution >= 0.6 is 27.3 Å². The molecule has 1 aliphatic heterocycles. The molecule has 0 radical (unpaired) electrons. The van der Waals surface area contributed by atoms with Crippen LogP contribution in [-0.2, 0) is 0 Å². The number of amides is 1. The highest BCUT2D eigenvalue weighted by atomic mass is 79.9. The van der Waals surface area contributed by atoms with Crippen LogP contribution in [0.2, 0.25) is 0 Å². The quantitative estimate of drug-likeness (QED) is 0.902. The molecule has 1 N–H and O–H groups in total. The van der Waals surface area contributed by atoms with Gasteiger partial charge in [-0.3, -0.25) is 4.79 Å². The zero-order chi connectivity index (χ0) is 10.8. The smallest absolute Gasteiger partial charge is 0.263 e. The summed E-state index contributed by atoms with van der Waals surface area (Å²) in [6.45, 7) is 1.92. The molecule has 1 atom stereocenters. The topological polar surface area (TPSA) is 32.3 Å². The maximum atomic E-state index is 12.0. The third-order valence-electron chi connectivity index (χ3n) is 2.68. The van der Waals surface area contributed by atoms with E-state index in [9.17, 15) is 4.79 Å². The Hall–Kier alpha value is -0.390. The molecule has 1 aromatic heterocycles. The van der Waals surface area contributed by atoms with E-state index >= 15 is 0 Å². The first kappa shape index (κ1) is 11.1. The van der Waals surface area contributed by atoms with Gasteiger partial charge in [0.15, 0.2) is 0 Å². The number of nitrogens with one attached hydrogen (secondary N) is 1. The number of rotatable bonds is 2. The number of hydrogen-bond acceptors (Lipinski definition) is 3. The van der Waals surface area contributed by atoms with Gasteiger partial charge in [-0.15, -0.1) is 11.3 Å². The minimum Gasteiger partial charge on any atom is -0.337 e. The number of nitrogens with zero attached hydrogens (tertiary/aromatic N) is 1. The second-order valence-electron chi connectivity index (χ2n) is 3.69. The van der Waals surface area contributed by atoms with Crippen LogP contribution in [0.5, 0.6) is 0 Å². The molecule has 0 aliphatic carbocycles. The van der Waals surface area contributed by atoms with Gasteiger partial charge in [0.1, 0.15) is 0 Å². The highest BCUT2D eigenvalue weighted by Gasteiger charge is 2.24. The normalized spacial score (nSPS) is 20.5. The first-order valence-electron chi connectivity index (χ1n) is 4.90. The van der Waals surface area contributed by atoms with E-state index in [-0.39, 0.29) is 5.91 Å². The lowest BCUT2D eigenvalue weighted by Crippen LogP contribution is -2.37. The standard InChI is InChI=1S/C10H13BrN2OS/c1-13(8-2-3-12-5-8)10(14)9-4-7(11)6-15-9/h4,6,8,12H,2-3,5H2,1H3. The lowest BCUT2D eigenvalue weighted by molar-refractivity contribution is 0.0748. The lowest BCUT2D eigenvalue weighted by atomic mass is 10.2. The van der Waals surface area contributed by atoms with E-state index < -0.39 is 0 Å². The predicted octanol–water partition coefficient (Wildman–Crippen LogP) is 1.94. The zero-order valence-electron chi connectivity index (χ0n) is 8.50. The minimum absolute atomic E-state index is 0.124. The molecule has 3 nitrogen and oxygen atoms in total. The van der Waals surface area contributed by atoms with Crippen molar-refractivity contribution in [2.45, 2.75) is 12.5 Å². The molecule has 2 heterocycles. The Labute approximate surface area is 102 Å². The molecular weight excluding hydrogens is 276 g/mol. The summed E-state index contributed by atoms with van der Waals surface area (Å²) in [4.78, 5) is 14.7. The summed E-state index contributed by atoms with van der Waals surface area (Å²) in [5, 5.41) is 5.20. The van der Waals surface area contributed by atoms with E-state index in [1.165, 1.54) is 11.3 Å². The van der Waals surface area contributed by atoms with Gasteiger partial charge >= 0.3 is 0 Å². The summed E-state index contributed by atoms with van der Waals surface area (Å²) in [6, 6.07) is 2.23. The van der Waals surface area contributed by atoms with E-state index in [2.05, 4.69) is 21.2 Å². The van der Waals surface area contributed by atoms with Crippen molar-refractivity contribution in [2.24, 2.45) is 0 Å². The van der Waals surface area contributed by atoms with Crippen LogP contribution in [0.3, 0.4) is 0 Å². The Morgan fingerprint density at radius 3 is 3.07 bits per heavy atom. The monoisotopic (exact) mass is 288 g/mol. The van der Waals surface area contributed by atoms with E-state index in [0.717, 1.165) is 28.9 Å². The number of carbonyl (C=O) groups is 1. The number of hydrogen-bond donors (Lipinski definition) is 1. The highest BCUT2D eigenvalue weighted by Crippen LogP contribution is 2.22. The average Bonchev–Trinajstić information content (AvgIpc) is 2.85. The van der Waals surface area contributed by atoms with Crippen LogP contribution in [-0.4, -0.2) is 37.0 Å². The van der Waals surface area contributed by atoms with Gasteiger partial charge in [-0.2, -0.15) is 0 Å². The van der Waals surface area contributed by atoms with Gasteiger partial charge in [0, 0.05) is 29.5 Å². The first-order valence-corrected chi connectivity index (χ1v) is 6.57. The fraction of sp³-hybridized carbons (Fsp3) is 0.500. The molecular formula is C10H13BrN2OS. The maximum absolute atomic E-state index is 12.0.